The Hall–Kier alpha value is -0.610. The summed E-state index contributed by atoms with van der Waals surface area (Å²) in [7, 11) is 1.36. The van der Waals surface area contributed by atoms with E-state index in [-0.39, 0.29) is 11.9 Å². The van der Waals surface area contributed by atoms with Crippen molar-refractivity contribution in [1.82, 2.24) is 0 Å². The SMILES string of the molecule is COC(=O)[C@@H]1OCC[C@@H]1CN. The normalized spacial score (nSPS) is 30.4. The maximum Gasteiger partial charge on any atom is 0.335 e. The van der Waals surface area contributed by atoms with Gasteiger partial charge in [0.25, 0.3) is 0 Å². The number of esters is 1. The molecule has 0 aliphatic carbocycles. The average Bonchev–Trinajstić information content (AvgIpc) is 2.50. The Labute approximate surface area is 65.7 Å². The maximum atomic E-state index is 11.0. The van der Waals surface area contributed by atoms with Crippen molar-refractivity contribution in [2.75, 3.05) is 20.3 Å². The molecule has 4 nitrogen and oxygen atoms in total. The van der Waals surface area contributed by atoms with Gasteiger partial charge in [-0.25, -0.2) is 4.79 Å². The van der Waals surface area contributed by atoms with Crippen molar-refractivity contribution < 1.29 is 14.3 Å². The molecule has 1 saturated heterocycles. The molecule has 0 radical (unpaired) electrons. The summed E-state index contributed by atoms with van der Waals surface area (Å²) in [5, 5.41) is 0. The lowest BCUT2D eigenvalue weighted by Gasteiger charge is -2.13. The minimum atomic E-state index is -0.426. The first-order valence-corrected chi connectivity index (χ1v) is 3.69. The van der Waals surface area contributed by atoms with Crippen LogP contribution in [0.5, 0.6) is 0 Å². The smallest absolute Gasteiger partial charge is 0.335 e. The molecule has 64 valence electrons. The van der Waals surface area contributed by atoms with E-state index in [4.69, 9.17) is 10.5 Å². The van der Waals surface area contributed by atoms with Crippen molar-refractivity contribution in [3.05, 3.63) is 0 Å². The number of carbonyl (C=O) groups excluding carboxylic acids is 1. The number of carbonyl (C=O) groups is 1. The molecule has 1 heterocycles. The first-order chi connectivity index (χ1) is 5.29. The van der Waals surface area contributed by atoms with Gasteiger partial charge in [-0.2, -0.15) is 0 Å². The molecule has 0 spiro atoms. The molecule has 1 rings (SSSR count). The molecule has 4 heteroatoms. The fourth-order valence-corrected chi connectivity index (χ4v) is 1.25. The fraction of sp³-hybridized carbons (Fsp3) is 0.857. The van der Waals surface area contributed by atoms with Crippen LogP contribution in [0.4, 0.5) is 0 Å². The van der Waals surface area contributed by atoms with E-state index in [0.29, 0.717) is 13.2 Å². The van der Waals surface area contributed by atoms with Crippen LogP contribution in [0.3, 0.4) is 0 Å². The summed E-state index contributed by atoms with van der Waals surface area (Å²) in [5.41, 5.74) is 5.43. The number of hydrogen-bond donors (Lipinski definition) is 1. The minimum absolute atomic E-state index is 0.141. The van der Waals surface area contributed by atoms with Crippen LogP contribution in [0, 0.1) is 5.92 Å². The number of ether oxygens (including phenoxy) is 2. The van der Waals surface area contributed by atoms with E-state index < -0.39 is 6.10 Å². The average molecular weight is 159 g/mol. The van der Waals surface area contributed by atoms with E-state index in [2.05, 4.69) is 4.74 Å². The molecular formula is C7H13NO3. The van der Waals surface area contributed by atoms with Crippen molar-refractivity contribution in [3.63, 3.8) is 0 Å². The van der Waals surface area contributed by atoms with Gasteiger partial charge in [0, 0.05) is 12.5 Å². The molecule has 0 aromatic carbocycles. The van der Waals surface area contributed by atoms with Crippen LogP contribution in [-0.4, -0.2) is 32.3 Å². The lowest BCUT2D eigenvalue weighted by molar-refractivity contribution is -0.152. The minimum Gasteiger partial charge on any atom is -0.467 e. The number of methoxy groups -OCH3 is 1. The zero-order valence-corrected chi connectivity index (χ0v) is 6.58. The van der Waals surface area contributed by atoms with Crippen LogP contribution in [-0.2, 0) is 14.3 Å². The molecule has 11 heavy (non-hydrogen) atoms. The van der Waals surface area contributed by atoms with E-state index in [1.807, 2.05) is 0 Å². The summed E-state index contributed by atoms with van der Waals surface area (Å²) < 4.78 is 9.70. The van der Waals surface area contributed by atoms with Gasteiger partial charge >= 0.3 is 5.97 Å². The summed E-state index contributed by atoms with van der Waals surface area (Å²) >= 11 is 0. The quantitative estimate of drug-likeness (QED) is 0.553. The second-order valence-corrected chi connectivity index (χ2v) is 2.60. The Morgan fingerprint density at radius 2 is 2.55 bits per heavy atom. The predicted molar refractivity (Wildman–Crippen MR) is 38.9 cm³/mol. The summed E-state index contributed by atoms with van der Waals surface area (Å²) in [6.07, 6.45) is 0.431. The van der Waals surface area contributed by atoms with E-state index in [1.165, 1.54) is 7.11 Å². The van der Waals surface area contributed by atoms with Crippen molar-refractivity contribution in [3.8, 4) is 0 Å². The first kappa shape index (κ1) is 8.49. The molecule has 0 aromatic rings. The Bertz CT molecular complexity index is 149. The number of nitrogens with two attached hydrogens (primary N) is 1. The third kappa shape index (κ3) is 1.70. The Morgan fingerprint density at radius 1 is 1.82 bits per heavy atom. The third-order valence-corrected chi connectivity index (χ3v) is 1.95. The molecule has 0 unspecified atom stereocenters. The van der Waals surface area contributed by atoms with Gasteiger partial charge in [-0.15, -0.1) is 0 Å². The highest BCUT2D eigenvalue weighted by atomic mass is 16.6. The number of rotatable bonds is 2. The lowest BCUT2D eigenvalue weighted by Crippen LogP contribution is -2.32. The van der Waals surface area contributed by atoms with Gasteiger partial charge in [0.1, 0.15) is 0 Å². The van der Waals surface area contributed by atoms with Crippen LogP contribution in [0.15, 0.2) is 0 Å². The topological polar surface area (TPSA) is 61.5 Å². The van der Waals surface area contributed by atoms with Gasteiger partial charge in [-0.05, 0) is 13.0 Å². The second kappa shape index (κ2) is 3.69. The van der Waals surface area contributed by atoms with Gasteiger partial charge in [-0.1, -0.05) is 0 Å². The predicted octanol–water partition coefficient (Wildman–Crippen LogP) is -0.477. The standard InChI is InChI=1S/C7H13NO3/c1-10-7(9)6-5(4-8)2-3-11-6/h5-6H,2-4,8H2,1H3/t5-,6-/m1/s1. The molecule has 1 aliphatic rings. The zero-order valence-electron chi connectivity index (χ0n) is 6.58. The van der Waals surface area contributed by atoms with Gasteiger partial charge in [-0.3, -0.25) is 0 Å². The van der Waals surface area contributed by atoms with Gasteiger partial charge in [0.05, 0.1) is 7.11 Å². The highest BCUT2D eigenvalue weighted by Crippen LogP contribution is 2.20. The van der Waals surface area contributed by atoms with Crippen molar-refractivity contribution in [1.29, 1.82) is 0 Å². The molecule has 1 fully saturated rings. The van der Waals surface area contributed by atoms with E-state index in [9.17, 15) is 4.79 Å². The molecule has 0 bridgehead atoms. The molecule has 0 saturated carbocycles. The summed E-state index contributed by atoms with van der Waals surface area (Å²) in [5.74, 6) is -0.166. The highest BCUT2D eigenvalue weighted by molar-refractivity contribution is 5.75. The van der Waals surface area contributed by atoms with Crippen molar-refractivity contribution >= 4 is 5.97 Å². The third-order valence-electron chi connectivity index (χ3n) is 1.95. The highest BCUT2D eigenvalue weighted by Gasteiger charge is 2.33. The van der Waals surface area contributed by atoms with Crippen LogP contribution < -0.4 is 5.73 Å². The monoisotopic (exact) mass is 159 g/mol. The zero-order chi connectivity index (χ0) is 8.27. The molecule has 1 aliphatic heterocycles. The Balaban J connectivity index is 2.49. The molecule has 0 amide bonds. The maximum absolute atomic E-state index is 11.0. The van der Waals surface area contributed by atoms with Gasteiger partial charge in [0.15, 0.2) is 6.10 Å². The van der Waals surface area contributed by atoms with E-state index in [1.54, 1.807) is 0 Å². The molecule has 0 aromatic heterocycles. The Kier molecular flexibility index (Phi) is 2.84. The number of hydrogen-bond acceptors (Lipinski definition) is 4. The van der Waals surface area contributed by atoms with Crippen molar-refractivity contribution in [2.24, 2.45) is 11.7 Å². The van der Waals surface area contributed by atoms with E-state index >= 15 is 0 Å². The van der Waals surface area contributed by atoms with Crippen LogP contribution in [0.25, 0.3) is 0 Å². The lowest BCUT2D eigenvalue weighted by atomic mass is 10.0. The Morgan fingerprint density at radius 3 is 3.09 bits per heavy atom. The molecule has 2 N–H and O–H groups in total. The van der Waals surface area contributed by atoms with Crippen LogP contribution in [0.1, 0.15) is 6.42 Å². The molecule has 2 atom stereocenters. The summed E-state index contributed by atoms with van der Waals surface area (Å²) in [6.45, 7) is 1.10. The fourth-order valence-electron chi connectivity index (χ4n) is 1.25. The second-order valence-electron chi connectivity index (χ2n) is 2.60. The summed E-state index contributed by atoms with van der Waals surface area (Å²) in [6, 6.07) is 0. The molecular weight excluding hydrogens is 146 g/mol. The van der Waals surface area contributed by atoms with Gasteiger partial charge in [0.2, 0.25) is 0 Å². The first-order valence-electron chi connectivity index (χ1n) is 3.69. The van der Waals surface area contributed by atoms with Gasteiger partial charge < -0.3 is 15.2 Å². The van der Waals surface area contributed by atoms with Crippen LogP contribution >= 0.6 is 0 Å². The largest absolute Gasteiger partial charge is 0.467 e. The summed E-state index contributed by atoms with van der Waals surface area (Å²) in [4.78, 5) is 11.0. The van der Waals surface area contributed by atoms with E-state index in [0.717, 1.165) is 6.42 Å². The van der Waals surface area contributed by atoms with Crippen LogP contribution in [0.2, 0.25) is 0 Å². The van der Waals surface area contributed by atoms with Crippen molar-refractivity contribution in [2.45, 2.75) is 12.5 Å².